The van der Waals surface area contributed by atoms with Gasteiger partial charge in [0.15, 0.2) is 0 Å². The van der Waals surface area contributed by atoms with Crippen LogP contribution in [0.25, 0.3) is 22.2 Å². The summed E-state index contributed by atoms with van der Waals surface area (Å²) in [7, 11) is -2.11. The van der Waals surface area contributed by atoms with Crippen LogP contribution in [-0.2, 0) is 16.6 Å². The molecule has 1 aromatic heterocycles. The summed E-state index contributed by atoms with van der Waals surface area (Å²) in [5.41, 5.74) is 8.81. The molecule has 0 saturated heterocycles. The Morgan fingerprint density at radius 1 is 0.816 bits per heavy atom. The van der Waals surface area contributed by atoms with Crippen LogP contribution in [0.5, 0.6) is 5.75 Å². The standard InChI is InChI=1S/C32H32N2O3S/c1-21-11-14-28(15-12-21)38(35,36)34(20-25-9-7-6-8-10-25)27-13-16-30-29(19-27)24(4)31(33-30)26-17-22(2)32(37-5)23(3)18-26/h6-19,33H,20H2,1-5H3. The summed E-state index contributed by atoms with van der Waals surface area (Å²) in [6.45, 7) is 8.34. The van der Waals surface area contributed by atoms with Crippen LogP contribution in [0.2, 0.25) is 0 Å². The molecule has 38 heavy (non-hydrogen) atoms. The minimum absolute atomic E-state index is 0.232. The van der Waals surface area contributed by atoms with Gasteiger partial charge in [0.2, 0.25) is 0 Å². The van der Waals surface area contributed by atoms with Crippen LogP contribution in [-0.4, -0.2) is 20.5 Å². The highest BCUT2D eigenvalue weighted by Crippen LogP contribution is 2.36. The van der Waals surface area contributed by atoms with Crippen molar-refractivity contribution >= 4 is 26.6 Å². The molecular formula is C32H32N2O3S. The lowest BCUT2D eigenvalue weighted by atomic mass is 10.0. The van der Waals surface area contributed by atoms with Crippen molar-refractivity contribution in [1.29, 1.82) is 0 Å². The van der Waals surface area contributed by atoms with Gasteiger partial charge in [0, 0.05) is 16.6 Å². The van der Waals surface area contributed by atoms with Crippen LogP contribution in [0, 0.1) is 27.7 Å². The molecule has 0 saturated carbocycles. The second kappa shape index (κ2) is 10.0. The third-order valence-corrected chi connectivity index (χ3v) is 8.85. The summed E-state index contributed by atoms with van der Waals surface area (Å²) in [5.74, 6) is 0.891. The maximum atomic E-state index is 13.9. The van der Waals surface area contributed by atoms with Gasteiger partial charge in [0.25, 0.3) is 10.0 Å². The third kappa shape index (κ3) is 4.68. The lowest BCUT2D eigenvalue weighted by Gasteiger charge is -2.25. The number of ether oxygens (including phenoxy) is 1. The molecule has 1 N–H and O–H groups in total. The van der Waals surface area contributed by atoms with E-state index in [1.807, 2.05) is 81.4 Å². The van der Waals surface area contributed by atoms with Gasteiger partial charge in [-0.2, -0.15) is 0 Å². The number of anilines is 1. The number of H-pyrrole nitrogens is 1. The molecule has 5 aromatic rings. The Labute approximate surface area is 224 Å². The Balaban J connectivity index is 1.63. The molecule has 0 amide bonds. The number of rotatable bonds is 7. The molecule has 0 aliphatic heterocycles. The summed E-state index contributed by atoms with van der Waals surface area (Å²) in [4.78, 5) is 3.83. The number of aryl methyl sites for hydroxylation is 4. The summed E-state index contributed by atoms with van der Waals surface area (Å²) >= 11 is 0. The Bertz CT molecular complexity index is 1700. The fourth-order valence-electron chi connectivity index (χ4n) is 5.08. The second-order valence-corrected chi connectivity index (χ2v) is 11.7. The summed E-state index contributed by atoms with van der Waals surface area (Å²) in [6.07, 6.45) is 0. The molecule has 0 bridgehead atoms. The highest BCUT2D eigenvalue weighted by Gasteiger charge is 2.26. The molecule has 0 radical (unpaired) electrons. The monoisotopic (exact) mass is 524 g/mol. The van der Waals surface area contributed by atoms with E-state index < -0.39 is 10.0 Å². The molecule has 0 aliphatic rings. The molecule has 6 heteroatoms. The molecule has 0 spiro atoms. The average Bonchev–Trinajstić information content (AvgIpc) is 3.23. The number of aromatic nitrogens is 1. The molecule has 0 atom stereocenters. The van der Waals surface area contributed by atoms with Gasteiger partial charge in [-0.05, 0) is 98.0 Å². The number of aromatic amines is 1. The van der Waals surface area contributed by atoms with Crippen LogP contribution in [0.15, 0.2) is 89.8 Å². The van der Waals surface area contributed by atoms with Crippen molar-refractivity contribution in [1.82, 2.24) is 4.98 Å². The van der Waals surface area contributed by atoms with Crippen molar-refractivity contribution in [2.75, 3.05) is 11.4 Å². The lowest BCUT2D eigenvalue weighted by molar-refractivity contribution is 0.408. The third-order valence-electron chi connectivity index (χ3n) is 7.06. The number of sulfonamides is 1. The van der Waals surface area contributed by atoms with E-state index in [1.165, 1.54) is 4.31 Å². The summed E-state index contributed by atoms with van der Waals surface area (Å²) < 4.78 is 34.9. The Morgan fingerprint density at radius 2 is 1.47 bits per heavy atom. The number of methoxy groups -OCH3 is 1. The van der Waals surface area contributed by atoms with Gasteiger partial charge in [-0.15, -0.1) is 0 Å². The predicted octanol–water partition coefficient (Wildman–Crippen LogP) is 7.47. The van der Waals surface area contributed by atoms with E-state index in [9.17, 15) is 8.42 Å². The minimum Gasteiger partial charge on any atom is -0.496 e. The first-order valence-corrected chi connectivity index (χ1v) is 14.0. The van der Waals surface area contributed by atoms with Crippen LogP contribution >= 0.6 is 0 Å². The van der Waals surface area contributed by atoms with Crippen molar-refractivity contribution in [3.05, 3.63) is 113 Å². The Morgan fingerprint density at radius 3 is 2.11 bits per heavy atom. The Kier molecular flexibility index (Phi) is 6.76. The van der Waals surface area contributed by atoms with Gasteiger partial charge in [0.05, 0.1) is 24.2 Å². The molecule has 1 heterocycles. The molecule has 0 unspecified atom stereocenters. The minimum atomic E-state index is -3.81. The van der Waals surface area contributed by atoms with Crippen LogP contribution < -0.4 is 9.04 Å². The van der Waals surface area contributed by atoms with E-state index >= 15 is 0 Å². The quantitative estimate of drug-likeness (QED) is 0.240. The SMILES string of the molecule is COc1c(C)cc(-c2[nH]c3ccc(N(Cc4ccccc4)S(=O)(=O)c4ccc(C)cc4)cc3c2C)cc1C. The van der Waals surface area contributed by atoms with Gasteiger partial charge >= 0.3 is 0 Å². The second-order valence-electron chi connectivity index (χ2n) is 9.81. The molecule has 5 rings (SSSR count). The van der Waals surface area contributed by atoms with Crippen molar-refractivity contribution in [3.63, 3.8) is 0 Å². The van der Waals surface area contributed by atoms with Crippen molar-refractivity contribution in [3.8, 4) is 17.0 Å². The van der Waals surface area contributed by atoms with E-state index in [4.69, 9.17) is 4.74 Å². The van der Waals surface area contributed by atoms with Crippen LogP contribution in [0.1, 0.15) is 27.8 Å². The summed E-state index contributed by atoms with van der Waals surface area (Å²) in [6, 6.07) is 26.8. The van der Waals surface area contributed by atoms with Gasteiger partial charge in [-0.25, -0.2) is 8.42 Å². The topological polar surface area (TPSA) is 62.4 Å². The molecule has 0 fully saturated rings. The van der Waals surface area contributed by atoms with E-state index in [2.05, 4.69) is 24.0 Å². The van der Waals surface area contributed by atoms with Gasteiger partial charge in [-0.1, -0.05) is 48.0 Å². The highest BCUT2D eigenvalue weighted by molar-refractivity contribution is 7.92. The smallest absolute Gasteiger partial charge is 0.264 e. The molecule has 5 nitrogen and oxygen atoms in total. The number of hydrogen-bond donors (Lipinski definition) is 1. The number of fused-ring (bicyclic) bond motifs is 1. The van der Waals surface area contributed by atoms with Crippen molar-refractivity contribution < 1.29 is 13.2 Å². The number of hydrogen-bond acceptors (Lipinski definition) is 3. The van der Waals surface area contributed by atoms with Gasteiger partial charge in [-0.3, -0.25) is 4.31 Å². The first-order chi connectivity index (χ1) is 18.2. The largest absolute Gasteiger partial charge is 0.496 e. The van der Waals surface area contributed by atoms with E-state index in [0.29, 0.717) is 5.69 Å². The molecule has 194 valence electrons. The van der Waals surface area contributed by atoms with Crippen LogP contribution in [0.3, 0.4) is 0 Å². The lowest BCUT2D eigenvalue weighted by Crippen LogP contribution is -2.30. The molecule has 4 aromatic carbocycles. The average molecular weight is 525 g/mol. The normalized spacial score (nSPS) is 11.6. The zero-order valence-corrected chi connectivity index (χ0v) is 23.2. The van der Waals surface area contributed by atoms with E-state index in [0.717, 1.165) is 55.7 Å². The fraction of sp³-hybridized carbons (Fsp3) is 0.188. The number of nitrogens with zero attached hydrogens (tertiary/aromatic N) is 1. The molecular weight excluding hydrogens is 492 g/mol. The van der Waals surface area contributed by atoms with E-state index in [-0.39, 0.29) is 11.4 Å². The molecule has 0 aliphatic carbocycles. The number of benzene rings is 4. The zero-order valence-electron chi connectivity index (χ0n) is 22.4. The van der Waals surface area contributed by atoms with Crippen LogP contribution in [0.4, 0.5) is 5.69 Å². The van der Waals surface area contributed by atoms with Crippen molar-refractivity contribution in [2.24, 2.45) is 0 Å². The maximum Gasteiger partial charge on any atom is 0.264 e. The summed E-state index contributed by atoms with van der Waals surface area (Å²) in [5, 5.41) is 0.987. The first kappa shape index (κ1) is 25.6. The maximum absolute atomic E-state index is 13.9. The zero-order chi connectivity index (χ0) is 27.0. The van der Waals surface area contributed by atoms with Gasteiger partial charge < -0.3 is 9.72 Å². The predicted molar refractivity (Wildman–Crippen MR) is 155 cm³/mol. The van der Waals surface area contributed by atoms with Gasteiger partial charge in [0.1, 0.15) is 5.75 Å². The highest BCUT2D eigenvalue weighted by atomic mass is 32.2. The fourth-order valence-corrected chi connectivity index (χ4v) is 6.52. The number of nitrogens with one attached hydrogen (secondary N) is 1. The van der Waals surface area contributed by atoms with E-state index in [1.54, 1.807) is 19.2 Å². The van der Waals surface area contributed by atoms with Crippen molar-refractivity contribution in [2.45, 2.75) is 39.1 Å². The first-order valence-electron chi connectivity index (χ1n) is 12.6. The Hall–Kier alpha value is -4.03.